The molecule has 1 aliphatic rings. The molecule has 1 aliphatic heterocycles. The molecule has 0 spiro atoms. The van der Waals surface area contributed by atoms with Crippen molar-refractivity contribution in [3.05, 3.63) is 82.0 Å². The minimum Gasteiger partial charge on any atom is -0.274 e. The van der Waals surface area contributed by atoms with Crippen molar-refractivity contribution in [2.24, 2.45) is 0 Å². The summed E-state index contributed by atoms with van der Waals surface area (Å²) in [5.74, 6) is -0.935. The predicted octanol–water partition coefficient (Wildman–Crippen LogP) is 3.89. The minimum absolute atomic E-state index is 0.0271. The van der Waals surface area contributed by atoms with E-state index in [1.807, 2.05) is 43.5 Å². The van der Waals surface area contributed by atoms with Gasteiger partial charge in [0.2, 0.25) is 15.9 Å². The van der Waals surface area contributed by atoms with Gasteiger partial charge in [-0.1, -0.05) is 41.5 Å². The van der Waals surface area contributed by atoms with Crippen LogP contribution in [-0.4, -0.2) is 30.6 Å². The van der Waals surface area contributed by atoms with Crippen LogP contribution in [0.25, 0.3) is 0 Å². The molecule has 0 bridgehead atoms. The summed E-state index contributed by atoms with van der Waals surface area (Å²) in [5, 5.41) is 1.85. The Hall–Kier alpha value is -2.81. The molecule has 1 atom stereocenters. The van der Waals surface area contributed by atoms with E-state index < -0.39 is 27.9 Å². The quantitative estimate of drug-likeness (QED) is 0.530. The first kappa shape index (κ1) is 21.4. The van der Waals surface area contributed by atoms with E-state index in [1.165, 1.54) is 23.5 Å². The maximum Gasteiger partial charge on any atom is 0.252 e. The van der Waals surface area contributed by atoms with Gasteiger partial charge in [0.25, 0.3) is 5.91 Å². The average molecular weight is 455 g/mol. The zero-order chi connectivity index (χ0) is 22.2. The SMILES string of the molecule is Cc1ccc(N2C(=O)CC(N(Cc3cccs3)S(=O)(=O)c3ccc(C)cc3)C2=O)cc1. The maximum atomic E-state index is 13.5. The Morgan fingerprint density at radius 1 is 0.968 bits per heavy atom. The van der Waals surface area contributed by atoms with Crippen LogP contribution in [0.1, 0.15) is 22.4 Å². The van der Waals surface area contributed by atoms with E-state index in [2.05, 4.69) is 0 Å². The van der Waals surface area contributed by atoms with Crippen LogP contribution < -0.4 is 4.90 Å². The highest BCUT2D eigenvalue weighted by atomic mass is 32.2. The van der Waals surface area contributed by atoms with Crippen LogP contribution >= 0.6 is 11.3 Å². The molecular formula is C23H22N2O4S2. The third-order valence-electron chi connectivity index (χ3n) is 5.28. The molecule has 0 N–H and O–H groups in total. The van der Waals surface area contributed by atoms with Gasteiger partial charge in [0.1, 0.15) is 6.04 Å². The number of imide groups is 1. The van der Waals surface area contributed by atoms with Gasteiger partial charge in [-0.15, -0.1) is 11.3 Å². The predicted molar refractivity (Wildman–Crippen MR) is 120 cm³/mol. The molecule has 2 aromatic carbocycles. The Balaban J connectivity index is 1.73. The standard InChI is InChI=1S/C23H22N2O4S2/c1-16-5-9-18(10-6-16)25-22(26)14-21(23(25)27)24(15-19-4-3-13-30-19)31(28,29)20-11-7-17(2)8-12-20/h3-13,21H,14-15H2,1-2H3. The lowest BCUT2D eigenvalue weighted by atomic mass is 10.2. The molecule has 3 aromatic rings. The van der Waals surface area contributed by atoms with Gasteiger partial charge in [0.05, 0.1) is 17.0 Å². The zero-order valence-corrected chi connectivity index (χ0v) is 18.8. The van der Waals surface area contributed by atoms with Crippen LogP contribution in [0, 0.1) is 13.8 Å². The molecule has 2 heterocycles. The lowest BCUT2D eigenvalue weighted by molar-refractivity contribution is -0.122. The number of rotatable bonds is 6. The fourth-order valence-electron chi connectivity index (χ4n) is 3.57. The highest BCUT2D eigenvalue weighted by Crippen LogP contribution is 2.31. The summed E-state index contributed by atoms with van der Waals surface area (Å²) in [7, 11) is -4.01. The molecule has 0 radical (unpaired) electrons. The minimum atomic E-state index is -4.01. The molecule has 1 fully saturated rings. The molecule has 8 heteroatoms. The van der Waals surface area contributed by atoms with Gasteiger partial charge >= 0.3 is 0 Å². The monoisotopic (exact) mass is 454 g/mol. The van der Waals surface area contributed by atoms with Crippen LogP contribution in [0.15, 0.2) is 70.9 Å². The molecule has 1 aromatic heterocycles. The molecular weight excluding hydrogens is 432 g/mol. The molecule has 1 unspecified atom stereocenters. The number of nitrogens with zero attached hydrogens (tertiary/aromatic N) is 2. The summed E-state index contributed by atoms with van der Waals surface area (Å²) >= 11 is 1.41. The van der Waals surface area contributed by atoms with E-state index in [1.54, 1.807) is 24.3 Å². The van der Waals surface area contributed by atoms with E-state index in [0.29, 0.717) is 5.69 Å². The third kappa shape index (κ3) is 4.19. The van der Waals surface area contributed by atoms with Crippen molar-refractivity contribution < 1.29 is 18.0 Å². The summed E-state index contributed by atoms with van der Waals surface area (Å²) in [6.07, 6.45) is -0.191. The van der Waals surface area contributed by atoms with Crippen LogP contribution in [0.2, 0.25) is 0 Å². The highest BCUT2D eigenvalue weighted by molar-refractivity contribution is 7.89. The lowest BCUT2D eigenvalue weighted by Gasteiger charge is -2.26. The van der Waals surface area contributed by atoms with Crippen molar-refractivity contribution in [1.29, 1.82) is 0 Å². The van der Waals surface area contributed by atoms with Gasteiger partial charge in [-0.25, -0.2) is 13.3 Å². The number of anilines is 1. The van der Waals surface area contributed by atoms with E-state index in [9.17, 15) is 18.0 Å². The smallest absolute Gasteiger partial charge is 0.252 e. The van der Waals surface area contributed by atoms with Gasteiger partial charge in [-0.05, 0) is 49.6 Å². The van der Waals surface area contributed by atoms with E-state index >= 15 is 0 Å². The summed E-state index contributed by atoms with van der Waals surface area (Å²) in [4.78, 5) is 28.1. The van der Waals surface area contributed by atoms with E-state index in [4.69, 9.17) is 0 Å². The summed E-state index contributed by atoms with van der Waals surface area (Å²) in [6.45, 7) is 3.81. The number of benzene rings is 2. The number of carbonyl (C=O) groups is 2. The number of hydrogen-bond acceptors (Lipinski definition) is 5. The number of hydrogen-bond donors (Lipinski definition) is 0. The lowest BCUT2D eigenvalue weighted by Crippen LogP contribution is -2.44. The molecule has 6 nitrogen and oxygen atoms in total. The molecule has 2 amide bonds. The molecule has 0 saturated carbocycles. The Bertz CT molecular complexity index is 1200. The van der Waals surface area contributed by atoms with Gasteiger partial charge in [0.15, 0.2) is 0 Å². The largest absolute Gasteiger partial charge is 0.274 e. The summed E-state index contributed by atoms with van der Waals surface area (Å²) in [5.41, 5.74) is 2.38. The topological polar surface area (TPSA) is 74.8 Å². The Morgan fingerprint density at radius 2 is 1.58 bits per heavy atom. The number of thiophene rings is 1. The summed E-state index contributed by atoms with van der Waals surface area (Å²) < 4.78 is 28.3. The second kappa shape index (κ2) is 8.37. The Morgan fingerprint density at radius 3 is 2.16 bits per heavy atom. The second-order valence-corrected chi connectivity index (χ2v) is 10.5. The van der Waals surface area contributed by atoms with E-state index in [-0.39, 0.29) is 17.9 Å². The van der Waals surface area contributed by atoms with Gasteiger partial charge in [-0.3, -0.25) is 9.59 Å². The average Bonchev–Trinajstić information content (AvgIpc) is 3.35. The first-order chi connectivity index (χ1) is 14.8. The van der Waals surface area contributed by atoms with Crippen molar-refractivity contribution >= 4 is 38.9 Å². The first-order valence-electron chi connectivity index (χ1n) is 9.82. The molecule has 4 rings (SSSR count). The Kier molecular flexibility index (Phi) is 5.79. The van der Waals surface area contributed by atoms with Crippen LogP contribution in [0.4, 0.5) is 5.69 Å². The molecule has 1 saturated heterocycles. The normalized spacial score (nSPS) is 17.0. The molecule has 31 heavy (non-hydrogen) atoms. The zero-order valence-electron chi connectivity index (χ0n) is 17.2. The number of carbonyl (C=O) groups excluding carboxylic acids is 2. The van der Waals surface area contributed by atoms with Crippen molar-refractivity contribution in [1.82, 2.24) is 4.31 Å². The Labute approximate surface area is 185 Å². The van der Waals surface area contributed by atoms with Crippen molar-refractivity contribution in [3.63, 3.8) is 0 Å². The number of aryl methyl sites for hydroxylation is 2. The van der Waals surface area contributed by atoms with Crippen molar-refractivity contribution in [2.75, 3.05) is 4.90 Å². The molecule has 160 valence electrons. The number of amides is 2. The molecule has 0 aliphatic carbocycles. The van der Waals surface area contributed by atoms with Crippen molar-refractivity contribution in [2.45, 2.75) is 37.8 Å². The number of sulfonamides is 1. The first-order valence-corrected chi connectivity index (χ1v) is 12.1. The highest BCUT2D eigenvalue weighted by Gasteiger charge is 2.47. The van der Waals surface area contributed by atoms with E-state index in [0.717, 1.165) is 25.2 Å². The van der Waals surface area contributed by atoms with Crippen LogP contribution in [-0.2, 0) is 26.2 Å². The van der Waals surface area contributed by atoms with Gasteiger partial charge in [-0.2, -0.15) is 4.31 Å². The second-order valence-electron chi connectivity index (χ2n) is 7.57. The fraction of sp³-hybridized carbons (Fsp3) is 0.217. The third-order valence-corrected chi connectivity index (χ3v) is 8.01. The summed E-state index contributed by atoms with van der Waals surface area (Å²) in [6, 6.07) is 16.1. The van der Waals surface area contributed by atoms with Gasteiger partial charge < -0.3 is 0 Å². The van der Waals surface area contributed by atoms with Crippen LogP contribution in [0.5, 0.6) is 0 Å². The van der Waals surface area contributed by atoms with Gasteiger partial charge in [0, 0.05) is 11.4 Å². The van der Waals surface area contributed by atoms with Crippen LogP contribution in [0.3, 0.4) is 0 Å². The van der Waals surface area contributed by atoms with Crippen molar-refractivity contribution in [3.8, 4) is 0 Å². The fourth-order valence-corrected chi connectivity index (χ4v) is 5.91. The maximum absolute atomic E-state index is 13.5.